The second-order valence-electron chi connectivity index (χ2n) is 5.03. The Bertz CT molecular complexity index is 432. The lowest BCUT2D eigenvalue weighted by molar-refractivity contribution is 0.110. The number of nitrogens with two attached hydrogens (primary N) is 1. The summed E-state index contributed by atoms with van der Waals surface area (Å²) in [4.78, 5) is 0. The zero-order chi connectivity index (χ0) is 12.5. The van der Waals surface area contributed by atoms with Crippen LogP contribution in [-0.4, -0.2) is 24.7 Å². The lowest BCUT2D eigenvalue weighted by atomic mass is 9.90. The first kappa shape index (κ1) is 12.2. The van der Waals surface area contributed by atoms with E-state index in [1.54, 1.807) is 7.11 Å². The summed E-state index contributed by atoms with van der Waals surface area (Å²) >= 11 is 2.02. The van der Waals surface area contributed by atoms with Crippen LogP contribution in [-0.2, 0) is 0 Å². The van der Waals surface area contributed by atoms with Gasteiger partial charge in [-0.1, -0.05) is 0 Å². The predicted molar refractivity (Wildman–Crippen MR) is 74.4 cm³/mol. The summed E-state index contributed by atoms with van der Waals surface area (Å²) in [5.74, 6) is 4.92. The Balaban J connectivity index is 1.83. The molecule has 2 aliphatic rings. The topological polar surface area (TPSA) is 44.5 Å². The molecule has 2 N–H and O–H groups in total. The van der Waals surface area contributed by atoms with E-state index in [2.05, 4.69) is 0 Å². The van der Waals surface area contributed by atoms with E-state index in [1.165, 1.54) is 17.9 Å². The molecule has 0 saturated carbocycles. The summed E-state index contributed by atoms with van der Waals surface area (Å²) in [7, 11) is 1.68. The van der Waals surface area contributed by atoms with Crippen LogP contribution >= 0.6 is 11.8 Å². The fraction of sp³-hybridized carbons (Fsp3) is 0.571. The van der Waals surface area contributed by atoms with Crippen molar-refractivity contribution < 1.29 is 9.47 Å². The van der Waals surface area contributed by atoms with Crippen LogP contribution in [0, 0.1) is 5.92 Å². The lowest BCUT2D eigenvalue weighted by Crippen LogP contribution is -2.35. The van der Waals surface area contributed by atoms with Crippen LogP contribution in [0.5, 0.6) is 11.5 Å². The van der Waals surface area contributed by atoms with E-state index in [0.29, 0.717) is 5.92 Å². The van der Waals surface area contributed by atoms with Crippen molar-refractivity contribution in [1.82, 2.24) is 0 Å². The Labute approximate surface area is 112 Å². The minimum Gasteiger partial charge on any atom is -0.497 e. The molecule has 1 aromatic rings. The molecule has 0 spiro atoms. The average molecular weight is 265 g/mol. The highest BCUT2D eigenvalue weighted by Crippen LogP contribution is 2.40. The number of hydrogen-bond donors (Lipinski definition) is 1. The van der Waals surface area contributed by atoms with Crippen molar-refractivity contribution in [3.8, 4) is 11.5 Å². The molecule has 18 heavy (non-hydrogen) atoms. The van der Waals surface area contributed by atoms with Gasteiger partial charge in [0.2, 0.25) is 0 Å². The summed E-state index contributed by atoms with van der Waals surface area (Å²) in [6.45, 7) is 0. The fourth-order valence-electron chi connectivity index (χ4n) is 2.77. The largest absolute Gasteiger partial charge is 0.497 e. The number of thioether (sulfide) groups is 1. The van der Waals surface area contributed by atoms with E-state index < -0.39 is 0 Å². The Hall–Kier alpha value is -0.870. The van der Waals surface area contributed by atoms with Gasteiger partial charge in [0, 0.05) is 23.9 Å². The standard InChI is InChI=1S/C14H19NO2S/c1-16-10-2-3-13-11(6-10)12(15)7-14(17-13)9-4-5-18-8-9/h2-3,6,9,12,14H,4-5,7-8,15H2,1H3/t9?,12-,14?/m0/s1. The van der Waals surface area contributed by atoms with E-state index in [4.69, 9.17) is 15.2 Å². The van der Waals surface area contributed by atoms with Crippen LogP contribution in [0.1, 0.15) is 24.4 Å². The number of ether oxygens (including phenoxy) is 2. The van der Waals surface area contributed by atoms with Crippen LogP contribution in [0.25, 0.3) is 0 Å². The third kappa shape index (κ3) is 2.19. The summed E-state index contributed by atoms with van der Waals surface area (Å²) in [5.41, 5.74) is 7.37. The molecular weight excluding hydrogens is 246 g/mol. The molecule has 0 bridgehead atoms. The first-order chi connectivity index (χ1) is 8.78. The molecule has 98 valence electrons. The molecule has 0 aromatic heterocycles. The van der Waals surface area contributed by atoms with Crippen molar-refractivity contribution >= 4 is 11.8 Å². The second kappa shape index (κ2) is 5.02. The Morgan fingerprint density at radius 2 is 2.33 bits per heavy atom. The zero-order valence-electron chi connectivity index (χ0n) is 10.6. The number of rotatable bonds is 2. The van der Waals surface area contributed by atoms with E-state index in [0.717, 1.165) is 23.5 Å². The quantitative estimate of drug-likeness (QED) is 0.892. The van der Waals surface area contributed by atoms with Gasteiger partial charge < -0.3 is 15.2 Å². The predicted octanol–water partition coefficient (Wildman–Crippen LogP) is 2.60. The monoisotopic (exact) mass is 265 g/mol. The third-order valence-electron chi connectivity index (χ3n) is 3.87. The first-order valence-electron chi connectivity index (χ1n) is 6.46. The van der Waals surface area contributed by atoms with Crippen molar-refractivity contribution in [2.24, 2.45) is 11.7 Å². The third-order valence-corrected chi connectivity index (χ3v) is 5.06. The molecule has 4 heteroatoms. The SMILES string of the molecule is COc1ccc2c(c1)[C@@H](N)CC(C1CCSC1)O2. The number of hydrogen-bond acceptors (Lipinski definition) is 4. The number of benzene rings is 1. The molecule has 1 saturated heterocycles. The van der Waals surface area contributed by atoms with Gasteiger partial charge in [-0.05, 0) is 36.1 Å². The summed E-state index contributed by atoms with van der Waals surface area (Å²) in [5, 5.41) is 0. The Kier molecular flexibility index (Phi) is 3.39. The molecule has 2 unspecified atom stereocenters. The van der Waals surface area contributed by atoms with E-state index in [-0.39, 0.29) is 12.1 Å². The van der Waals surface area contributed by atoms with Crippen LogP contribution < -0.4 is 15.2 Å². The highest BCUT2D eigenvalue weighted by atomic mass is 32.2. The Morgan fingerprint density at radius 3 is 3.06 bits per heavy atom. The number of methoxy groups -OCH3 is 1. The van der Waals surface area contributed by atoms with Gasteiger partial charge in [0.25, 0.3) is 0 Å². The van der Waals surface area contributed by atoms with Gasteiger partial charge in [0.1, 0.15) is 17.6 Å². The van der Waals surface area contributed by atoms with Gasteiger partial charge in [-0.2, -0.15) is 11.8 Å². The van der Waals surface area contributed by atoms with Gasteiger partial charge in [0.05, 0.1) is 7.11 Å². The highest BCUT2D eigenvalue weighted by Gasteiger charge is 2.33. The summed E-state index contributed by atoms with van der Waals surface area (Å²) in [6.07, 6.45) is 2.47. The highest BCUT2D eigenvalue weighted by molar-refractivity contribution is 7.99. The van der Waals surface area contributed by atoms with Crippen LogP contribution in [0.2, 0.25) is 0 Å². The molecule has 3 nitrogen and oxygen atoms in total. The maximum atomic E-state index is 6.29. The van der Waals surface area contributed by atoms with Crippen molar-refractivity contribution in [3.63, 3.8) is 0 Å². The smallest absolute Gasteiger partial charge is 0.124 e. The maximum absolute atomic E-state index is 6.29. The van der Waals surface area contributed by atoms with Gasteiger partial charge in [0.15, 0.2) is 0 Å². The van der Waals surface area contributed by atoms with Crippen molar-refractivity contribution in [3.05, 3.63) is 23.8 Å². The number of fused-ring (bicyclic) bond motifs is 1. The Morgan fingerprint density at radius 1 is 1.44 bits per heavy atom. The first-order valence-corrected chi connectivity index (χ1v) is 7.61. The molecule has 0 radical (unpaired) electrons. The van der Waals surface area contributed by atoms with Crippen molar-refractivity contribution in [2.45, 2.75) is 25.0 Å². The van der Waals surface area contributed by atoms with E-state index >= 15 is 0 Å². The molecule has 2 heterocycles. The van der Waals surface area contributed by atoms with E-state index in [9.17, 15) is 0 Å². The molecule has 3 rings (SSSR count). The molecular formula is C14H19NO2S. The minimum atomic E-state index is 0.0689. The van der Waals surface area contributed by atoms with Crippen LogP contribution in [0.4, 0.5) is 0 Å². The molecule has 1 fully saturated rings. The second-order valence-corrected chi connectivity index (χ2v) is 6.18. The summed E-state index contributed by atoms with van der Waals surface area (Å²) in [6, 6.07) is 6.00. The molecule has 0 aliphatic carbocycles. The molecule has 3 atom stereocenters. The molecule has 2 aliphatic heterocycles. The normalized spacial score (nSPS) is 30.7. The summed E-state index contributed by atoms with van der Waals surface area (Å²) < 4.78 is 11.4. The molecule has 0 amide bonds. The fourth-order valence-corrected chi connectivity index (χ4v) is 4.09. The van der Waals surface area contributed by atoms with Gasteiger partial charge in [-0.25, -0.2) is 0 Å². The van der Waals surface area contributed by atoms with Crippen molar-refractivity contribution in [1.29, 1.82) is 0 Å². The van der Waals surface area contributed by atoms with Gasteiger partial charge in [-0.3, -0.25) is 0 Å². The van der Waals surface area contributed by atoms with Crippen molar-refractivity contribution in [2.75, 3.05) is 18.6 Å². The average Bonchev–Trinajstić information content (AvgIpc) is 2.92. The molecule has 1 aromatic carbocycles. The van der Waals surface area contributed by atoms with Crippen LogP contribution in [0.3, 0.4) is 0 Å². The van der Waals surface area contributed by atoms with E-state index in [1.807, 2.05) is 30.0 Å². The maximum Gasteiger partial charge on any atom is 0.124 e. The lowest BCUT2D eigenvalue weighted by Gasteiger charge is -2.33. The van der Waals surface area contributed by atoms with Gasteiger partial charge in [-0.15, -0.1) is 0 Å². The van der Waals surface area contributed by atoms with Gasteiger partial charge >= 0.3 is 0 Å². The minimum absolute atomic E-state index is 0.0689. The zero-order valence-corrected chi connectivity index (χ0v) is 11.4. The van der Waals surface area contributed by atoms with Crippen LogP contribution in [0.15, 0.2) is 18.2 Å².